The maximum absolute atomic E-state index is 12.9. The van der Waals surface area contributed by atoms with E-state index >= 15 is 0 Å². The lowest BCUT2D eigenvalue weighted by Crippen LogP contribution is -2.38. The van der Waals surface area contributed by atoms with Crippen LogP contribution in [0.5, 0.6) is 0 Å². The van der Waals surface area contributed by atoms with Crippen molar-refractivity contribution in [2.24, 2.45) is 0 Å². The molecule has 6 nitrogen and oxygen atoms in total. The molecular weight excluding hydrogens is 360 g/mol. The number of rotatable bonds is 5. The average molecular weight is 380 g/mol. The Morgan fingerprint density at radius 3 is 2.80 bits per heavy atom. The van der Waals surface area contributed by atoms with Crippen molar-refractivity contribution in [1.82, 2.24) is 10.1 Å². The number of benzene rings is 1. The zero-order valence-electron chi connectivity index (χ0n) is 14.1. The summed E-state index contributed by atoms with van der Waals surface area (Å²) < 4.78 is 28.6. The maximum atomic E-state index is 12.9. The van der Waals surface area contributed by atoms with Crippen LogP contribution in [-0.2, 0) is 15.6 Å². The molecule has 2 heterocycles. The Labute approximate surface area is 151 Å². The molecule has 25 heavy (non-hydrogen) atoms. The van der Waals surface area contributed by atoms with Crippen LogP contribution in [0.15, 0.2) is 39.8 Å². The number of thioether (sulfide) groups is 1. The van der Waals surface area contributed by atoms with Crippen LogP contribution < -0.4 is 0 Å². The summed E-state index contributed by atoms with van der Waals surface area (Å²) in [5.74, 6) is 1.37. The number of sulfone groups is 1. The zero-order chi connectivity index (χ0) is 18.0. The molecule has 134 valence electrons. The molecule has 1 fully saturated rings. The van der Waals surface area contributed by atoms with Gasteiger partial charge in [-0.15, -0.1) is 11.8 Å². The lowest BCUT2D eigenvalue weighted by atomic mass is 10.1. The van der Waals surface area contributed by atoms with Crippen LogP contribution in [0, 0.1) is 6.92 Å². The lowest BCUT2D eigenvalue weighted by molar-refractivity contribution is 0.0744. The van der Waals surface area contributed by atoms with Gasteiger partial charge in [-0.05, 0) is 25.5 Å². The number of aromatic nitrogens is 1. The van der Waals surface area contributed by atoms with Gasteiger partial charge >= 0.3 is 0 Å². The van der Waals surface area contributed by atoms with Crippen LogP contribution in [-0.4, -0.2) is 49.0 Å². The van der Waals surface area contributed by atoms with Crippen molar-refractivity contribution in [1.29, 1.82) is 0 Å². The van der Waals surface area contributed by atoms with Gasteiger partial charge in [0, 0.05) is 24.1 Å². The van der Waals surface area contributed by atoms with E-state index in [2.05, 4.69) is 5.16 Å². The minimum Gasteiger partial charge on any atom is -0.360 e. The van der Waals surface area contributed by atoms with Crippen molar-refractivity contribution in [2.45, 2.75) is 30.0 Å². The first-order chi connectivity index (χ1) is 11.9. The van der Waals surface area contributed by atoms with Crippen LogP contribution in [0.4, 0.5) is 0 Å². The van der Waals surface area contributed by atoms with Crippen molar-refractivity contribution in [3.8, 4) is 0 Å². The molecule has 1 amide bonds. The van der Waals surface area contributed by atoms with Crippen molar-refractivity contribution in [3.63, 3.8) is 0 Å². The Morgan fingerprint density at radius 1 is 1.40 bits per heavy atom. The highest BCUT2D eigenvalue weighted by molar-refractivity contribution is 7.98. The third kappa shape index (κ3) is 4.24. The van der Waals surface area contributed by atoms with E-state index in [1.807, 2.05) is 31.2 Å². The smallest absolute Gasteiger partial charge is 0.255 e. The summed E-state index contributed by atoms with van der Waals surface area (Å²) in [5.41, 5.74) is 1.40. The monoisotopic (exact) mass is 380 g/mol. The topological polar surface area (TPSA) is 80.5 Å². The van der Waals surface area contributed by atoms with E-state index in [9.17, 15) is 13.2 Å². The first-order valence-electron chi connectivity index (χ1n) is 7.97. The molecule has 0 spiro atoms. The highest BCUT2D eigenvalue weighted by atomic mass is 32.2. The number of carbonyl (C=O) groups is 1. The van der Waals surface area contributed by atoms with E-state index in [-0.39, 0.29) is 23.5 Å². The molecule has 3 rings (SSSR count). The number of carbonyl (C=O) groups excluding carboxylic acids is 1. The van der Waals surface area contributed by atoms with Gasteiger partial charge in [0.2, 0.25) is 0 Å². The first-order valence-corrected chi connectivity index (χ1v) is 10.8. The molecule has 1 atom stereocenters. The van der Waals surface area contributed by atoms with Crippen molar-refractivity contribution in [2.75, 3.05) is 18.6 Å². The highest BCUT2D eigenvalue weighted by Gasteiger charge is 2.33. The van der Waals surface area contributed by atoms with E-state index < -0.39 is 9.84 Å². The molecule has 1 saturated heterocycles. The van der Waals surface area contributed by atoms with Crippen LogP contribution in [0.1, 0.15) is 28.2 Å². The Balaban J connectivity index is 1.74. The Kier molecular flexibility index (Phi) is 5.19. The molecular formula is C17H20N2O4S2. The Hall–Kier alpha value is -1.80. The van der Waals surface area contributed by atoms with Gasteiger partial charge in [-0.3, -0.25) is 4.79 Å². The van der Waals surface area contributed by atoms with Gasteiger partial charge in [-0.25, -0.2) is 8.42 Å². The highest BCUT2D eigenvalue weighted by Crippen LogP contribution is 2.28. The van der Waals surface area contributed by atoms with Crippen LogP contribution in [0.2, 0.25) is 0 Å². The molecule has 0 saturated carbocycles. The minimum atomic E-state index is -3.03. The summed E-state index contributed by atoms with van der Waals surface area (Å²) in [7, 11) is -1.35. The number of hydrogen-bond acceptors (Lipinski definition) is 6. The molecule has 1 aromatic heterocycles. The Bertz CT molecular complexity index is 876. The van der Waals surface area contributed by atoms with Gasteiger partial charge < -0.3 is 9.42 Å². The fourth-order valence-corrected chi connectivity index (χ4v) is 5.53. The molecule has 0 bridgehead atoms. The van der Waals surface area contributed by atoms with Crippen LogP contribution in [0.3, 0.4) is 0 Å². The second kappa shape index (κ2) is 7.21. The predicted molar refractivity (Wildman–Crippen MR) is 96.4 cm³/mol. The average Bonchev–Trinajstić information content (AvgIpc) is 3.17. The number of aryl methyl sites for hydroxylation is 1. The largest absolute Gasteiger partial charge is 0.360 e. The summed E-state index contributed by atoms with van der Waals surface area (Å²) in [6, 6.07) is 8.97. The second-order valence-electron chi connectivity index (χ2n) is 6.19. The summed E-state index contributed by atoms with van der Waals surface area (Å²) in [6.07, 6.45) is 0.497. The van der Waals surface area contributed by atoms with Gasteiger partial charge in [-0.1, -0.05) is 17.3 Å². The zero-order valence-corrected chi connectivity index (χ0v) is 15.8. The van der Waals surface area contributed by atoms with Gasteiger partial charge in [0.15, 0.2) is 9.84 Å². The van der Waals surface area contributed by atoms with E-state index in [0.29, 0.717) is 17.7 Å². The fraction of sp³-hybridized carbons (Fsp3) is 0.412. The molecule has 8 heteroatoms. The standard InChI is InChI=1S/C17H20N2O4S2/c1-12-9-14(23-18-12)10-24-16-6-4-3-5-15(16)17(20)19(2)13-7-8-25(21,22)11-13/h3-6,9,13H,7-8,10-11H2,1-2H3. The molecule has 0 aliphatic carbocycles. The summed E-state index contributed by atoms with van der Waals surface area (Å²) >= 11 is 1.50. The quantitative estimate of drug-likeness (QED) is 0.742. The minimum absolute atomic E-state index is 0.0435. The number of hydrogen-bond donors (Lipinski definition) is 0. The van der Waals surface area contributed by atoms with E-state index in [0.717, 1.165) is 16.3 Å². The van der Waals surface area contributed by atoms with Crippen molar-refractivity contribution < 1.29 is 17.7 Å². The first kappa shape index (κ1) is 18.0. The SMILES string of the molecule is Cc1cc(CSc2ccccc2C(=O)N(C)C2CCS(=O)(=O)C2)on1. The van der Waals surface area contributed by atoms with E-state index in [4.69, 9.17) is 4.52 Å². The molecule has 1 aliphatic rings. The molecule has 1 unspecified atom stereocenters. The van der Waals surface area contributed by atoms with Crippen molar-refractivity contribution in [3.05, 3.63) is 47.3 Å². The number of amides is 1. The lowest BCUT2D eigenvalue weighted by Gasteiger charge is -2.24. The maximum Gasteiger partial charge on any atom is 0.255 e. The summed E-state index contributed by atoms with van der Waals surface area (Å²) in [4.78, 5) is 15.3. The molecule has 1 aromatic carbocycles. The second-order valence-corrected chi connectivity index (χ2v) is 9.44. The summed E-state index contributed by atoms with van der Waals surface area (Å²) in [5, 5.41) is 3.86. The predicted octanol–water partition coefficient (Wildman–Crippen LogP) is 2.53. The Morgan fingerprint density at radius 2 is 2.16 bits per heavy atom. The molecule has 0 radical (unpaired) electrons. The van der Waals surface area contributed by atoms with Gasteiger partial charge in [-0.2, -0.15) is 0 Å². The van der Waals surface area contributed by atoms with Crippen LogP contribution >= 0.6 is 11.8 Å². The van der Waals surface area contributed by atoms with E-state index in [1.165, 1.54) is 11.8 Å². The summed E-state index contributed by atoms with van der Waals surface area (Å²) in [6.45, 7) is 1.86. The van der Waals surface area contributed by atoms with Gasteiger partial charge in [0.1, 0.15) is 5.76 Å². The van der Waals surface area contributed by atoms with Crippen molar-refractivity contribution >= 4 is 27.5 Å². The molecule has 1 aliphatic heterocycles. The van der Waals surface area contributed by atoms with Gasteiger partial charge in [0.25, 0.3) is 5.91 Å². The van der Waals surface area contributed by atoms with Gasteiger partial charge in [0.05, 0.1) is 28.5 Å². The molecule has 2 aromatic rings. The third-order valence-corrected chi connectivity index (χ3v) is 7.09. The number of nitrogens with zero attached hydrogens (tertiary/aromatic N) is 2. The fourth-order valence-electron chi connectivity index (χ4n) is 2.84. The van der Waals surface area contributed by atoms with Crippen LogP contribution in [0.25, 0.3) is 0 Å². The normalized spacial score (nSPS) is 19.0. The molecule has 0 N–H and O–H groups in total. The van der Waals surface area contributed by atoms with E-state index in [1.54, 1.807) is 18.0 Å². The third-order valence-electron chi connectivity index (χ3n) is 4.24.